The molecule has 19 heavy (non-hydrogen) atoms. The maximum Gasteiger partial charge on any atom is 0.0129 e. The van der Waals surface area contributed by atoms with E-state index in [0.717, 1.165) is 12.0 Å². The Labute approximate surface area is 119 Å². The van der Waals surface area contributed by atoms with Crippen molar-refractivity contribution in [1.82, 2.24) is 5.32 Å². The third-order valence-electron chi connectivity index (χ3n) is 7.63. The average molecular weight is 263 g/mol. The highest BCUT2D eigenvalue weighted by Gasteiger charge is 2.61. The molecule has 3 aliphatic rings. The van der Waals surface area contributed by atoms with Gasteiger partial charge < -0.3 is 5.32 Å². The van der Waals surface area contributed by atoms with Crippen LogP contribution in [-0.2, 0) is 0 Å². The summed E-state index contributed by atoms with van der Waals surface area (Å²) >= 11 is 0. The Hall–Kier alpha value is -0.0400. The minimum absolute atomic E-state index is 0.544. The van der Waals surface area contributed by atoms with E-state index in [1.165, 1.54) is 57.9 Å². The van der Waals surface area contributed by atoms with Crippen LogP contribution in [0.2, 0.25) is 0 Å². The van der Waals surface area contributed by atoms with Crippen LogP contribution in [0.5, 0.6) is 0 Å². The summed E-state index contributed by atoms with van der Waals surface area (Å²) < 4.78 is 0. The molecule has 1 heteroatoms. The lowest BCUT2D eigenvalue weighted by atomic mass is 9.68. The molecular formula is C18H33N. The summed E-state index contributed by atoms with van der Waals surface area (Å²) in [7, 11) is 0. The highest BCUT2D eigenvalue weighted by atomic mass is 15.0. The average Bonchev–Trinajstić information content (AvgIpc) is 2.70. The summed E-state index contributed by atoms with van der Waals surface area (Å²) in [5.74, 6) is 0.967. The molecule has 0 radical (unpaired) electrons. The topological polar surface area (TPSA) is 12.0 Å². The molecule has 1 nitrogen and oxygen atoms in total. The van der Waals surface area contributed by atoms with Crippen LogP contribution in [0.15, 0.2) is 0 Å². The van der Waals surface area contributed by atoms with E-state index in [-0.39, 0.29) is 0 Å². The van der Waals surface area contributed by atoms with Crippen molar-refractivity contribution in [2.24, 2.45) is 22.2 Å². The third-order valence-corrected chi connectivity index (χ3v) is 7.63. The van der Waals surface area contributed by atoms with Gasteiger partial charge >= 0.3 is 0 Å². The van der Waals surface area contributed by atoms with Crippen LogP contribution in [-0.4, -0.2) is 12.6 Å². The molecule has 3 unspecified atom stereocenters. The lowest BCUT2D eigenvalue weighted by molar-refractivity contribution is 0.107. The maximum absolute atomic E-state index is 4.02. The first-order valence-electron chi connectivity index (χ1n) is 8.61. The maximum atomic E-state index is 4.02. The van der Waals surface area contributed by atoms with E-state index in [9.17, 15) is 0 Å². The fourth-order valence-electron chi connectivity index (χ4n) is 5.46. The van der Waals surface area contributed by atoms with Crippen molar-refractivity contribution < 1.29 is 0 Å². The Morgan fingerprint density at radius 3 is 2.16 bits per heavy atom. The number of hydrogen-bond donors (Lipinski definition) is 1. The molecular weight excluding hydrogens is 230 g/mol. The Kier molecular flexibility index (Phi) is 3.28. The van der Waals surface area contributed by atoms with Crippen molar-refractivity contribution in [1.29, 1.82) is 0 Å². The molecule has 3 rings (SSSR count). The van der Waals surface area contributed by atoms with Gasteiger partial charge in [0.05, 0.1) is 0 Å². The van der Waals surface area contributed by atoms with Crippen LogP contribution in [0.1, 0.15) is 79.1 Å². The molecule has 1 N–H and O–H groups in total. The van der Waals surface area contributed by atoms with Crippen molar-refractivity contribution in [2.45, 2.75) is 85.1 Å². The molecule has 2 bridgehead atoms. The Bertz CT molecular complexity index is 340. The summed E-state index contributed by atoms with van der Waals surface area (Å²) in [5.41, 5.74) is 1.68. The van der Waals surface area contributed by atoms with Gasteiger partial charge in [0.25, 0.3) is 0 Å². The molecule has 0 aromatic heterocycles. The molecule has 110 valence electrons. The number of hydrogen-bond acceptors (Lipinski definition) is 1. The molecule has 3 fully saturated rings. The number of fused-ring (bicyclic) bond motifs is 2. The molecule has 0 aromatic rings. The Morgan fingerprint density at radius 2 is 1.63 bits per heavy atom. The van der Waals surface area contributed by atoms with Gasteiger partial charge in [-0.05, 0) is 54.3 Å². The zero-order chi connectivity index (χ0) is 13.7. The van der Waals surface area contributed by atoms with Crippen LogP contribution in [0, 0.1) is 22.2 Å². The molecule has 0 aliphatic heterocycles. The summed E-state index contributed by atoms with van der Waals surface area (Å²) in [4.78, 5) is 0. The second-order valence-corrected chi connectivity index (χ2v) is 8.92. The van der Waals surface area contributed by atoms with Crippen molar-refractivity contribution in [3.63, 3.8) is 0 Å². The highest BCUT2D eigenvalue weighted by molar-refractivity contribution is 5.13. The molecule has 0 aromatic carbocycles. The van der Waals surface area contributed by atoms with Crippen LogP contribution in [0.25, 0.3) is 0 Å². The van der Waals surface area contributed by atoms with Gasteiger partial charge in [-0.2, -0.15) is 0 Å². The minimum atomic E-state index is 0.544. The van der Waals surface area contributed by atoms with Crippen LogP contribution >= 0.6 is 0 Å². The zero-order valence-electron chi connectivity index (χ0n) is 13.5. The quantitative estimate of drug-likeness (QED) is 0.774. The van der Waals surface area contributed by atoms with Gasteiger partial charge in [0.1, 0.15) is 0 Å². The van der Waals surface area contributed by atoms with Crippen molar-refractivity contribution >= 4 is 0 Å². The first-order valence-corrected chi connectivity index (χ1v) is 8.61. The van der Waals surface area contributed by atoms with Gasteiger partial charge in [-0.3, -0.25) is 0 Å². The normalized spacial score (nSPS) is 43.6. The summed E-state index contributed by atoms with van der Waals surface area (Å²) in [5, 5.41) is 4.02. The molecule has 0 saturated heterocycles. The van der Waals surface area contributed by atoms with Gasteiger partial charge in [0, 0.05) is 12.6 Å². The number of nitrogens with one attached hydrogen (secondary N) is 1. The molecule has 3 saturated carbocycles. The van der Waals surface area contributed by atoms with Crippen LogP contribution in [0.3, 0.4) is 0 Å². The van der Waals surface area contributed by atoms with Crippen LogP contribution < -0.4 is 5.32 Å². The largest absolute Gasteiger partial charge is 0.313 e. The predicted molar refractivity (Wildman–Crippen MR) is 82.2 cm³/mol. The van der Waals surface area contributed by atoms with E-state index in [2.05, 4.69) is 33.0 Å². The van der Waals surface area contributed by atoms with Gasteiger partial charge in [-0.15, -0.1) is 0 Å². The molecule has 0 spiro atoms. The monoisotopic (exact) mass is 263 g/mol. The van der Waals surface area contributed by atoms with Gasteiger partial charge in [0.15, 0.2) is 0 Å². The fourth-order valence-corrected chi connectivity index (χ4v) is 5.46. The highest BCUT2D eigenvalue weighted by Crippen LogP contribution is 2.65. The van der Waals surface area contributed by atoms with E-state index in [1.807, 2.05) is 0 Å². The second-order valence-electron chi connectivity index (χ2n) is 8.92. The van der Waals surface area contributed by atoms with E-state index in [0.29, 0.717) is 16.2 Å². The van der Waals surface area contributed by atoms with Crippen molar-refractivity contribution in [2.75, 3.05) is 6.54 Å². The summed E-state index contributed by atoms with van der Waals surface area (Å²) in [6.07, 6.45) is 11.6. The summed E-state index contributed by atoms with van der Waals surface area (Å²) in [6.45, 7) is 11.4. The van der Waals surface area contributed by atoms with Crippen molar-refractivity contribution in [3.8, 4) is 0 Å². The summed E-state index contributed by atoms with van der Waals surface area (Å²) in [6, 6.07) is 0.778. The van der Waals surface area contributed by atoms with E-state index in [1.54, 1.807) is 0 Å². The van der Waals surface area contributed by atoms with Crippen LogP contribution in [0.4, 0.5) is 0 Å². The Morgan fingerprint density at radius 1 is 0.947 bits per heavy atom. The fraction of sp³-hybridized carbons (Fsp3) is 1.00. The van der Waals surface area contributed by atoms with Gasteiger partial charge in [-0.25, -0.2) is 0 Å². The molecule has 3 aliphatic carbocycles. The van der Waals surface area contributed by atoms with E-state index < -0.39 is 0 Å². The minimum Gasteiger partial charge on any atom is -0.313 e. The molecule has 0 amide bonds. The second kappa shape index (κ2) is 4.48. The van der Waals surface area contributed by atoms with Crippen molar-refractivity contribution in [3.05, 3.63) is 0 Å². The predicted octanol–water partition coefficient (Wildman–Crippen LogP) is 4.76. The smallest absolute Gasteiger partial charge is 0.0129 e. The lowest BCUT2D eigenvalue weighted by Gasteiger charge is -2.42. The first kappa shape index (κ1) is 13.9. The zero-order valence-corrected chi connectivity index (χ0v) is 13.5. The lowest BCUT2D eigenvalue weighted by Crippen LogP contribution is -2.48. The van der Waals surface area contributed by atoms with E-state index in [4.69, 9.17) is 0 Å². The molecule has 0 heterocycles. The first-order chi connectivity index (χ1) is 8.87. The number of rotatable bonds is 3. The van der Waals surface area contributed by atoms with Gasteiger partial charge in [0.2, 0.25) is 0 Å². The van der Waals surface area contributed by atoms with Gasteiger partial charge in [-0.1, -0.05) is 47.0 Å². The standard InChI is InChI=1S/C18H33N/c1-16(2)14-8-11-18(16,4)15(12-14)19-13-17(3)9-6-5-7-10-17/h14-15,19H,5-13H2,1-4H3. The Balaban J connectivity index is 1.63. The van der Waals surface area contributed by atoms with E-state index >= 15 is 0 Å². The molecule has 3 atom stereocenters. The third kappa shape index (κ3) is 2.07. The SMILES string of the molecule is CC1(CNC2CC3CCC2(C)C3(C)C)CCCCC1.